The van der Waals surface area contributed by atoms with Crippen molar-refractivity contribution in [2.75, 3.05) is 32.6 Å². The molecule has 4 aromatic heterocycles. The number of aromatic amines is 2. The topological polar surface area (TPSA) is 112 Å². The van der Waals surface area contributed by atoms with Crippen molar-refractivity contribution >= 4 is 33.4 Å². The summed E-state index contributed by atoms with van der Waals surface area (Å²) >= 11 is 0. The molecule has 2 aromatic carbocycles. The van der Waals surface area contributed by atoms with Crippen LogP contribution in [0, 0.1) is 5.82 Å². The molecular weight excluding hydrogens is 533 g/mol. The predicted octanol–water partition coefficient (Wildman–Crippen LogP) is 6.26. The van der Waals surface area contributed by atoms with Crippen LogP contribution in [0.25, 0.3) is 55.4 Å². The molecule has 0 spiro atoms. The van der Waals surface area contributed by atoms with Gasteiger partial charge in [-0.15, -0.1) is 0 Å². The van der Waals surface area contributed by atoms with Crippen LogP contribution in [0.3, 0.4) is 0 Å². The highest BCUT2D eigenvalue weighted by molar-refractivity contribution is 6.01. The molecule has 0 aliphatic rings. The number of fused-ring (bicyclic) bond motifs is 2. The maximum atomic E-state index is 14.6. The minimum Gasteiger partial charge on any atom is -0.492 e. The van der Waals surface area contributed by atoms with Gasteiger partial charge in [-0.3, -0.25) is 19.9 Å². The Hall–Kier alpha value is -5.09. The average molecular weight is 564 g/mol. The molecule has 0 bridgehead atoms. The molecule has 212 valence electrons. The average Bonchev–Trinajstić information content (AvgIpc) is 3.60. The third-order valence-electron chi connectivity index (χ3n) is 7.03. The molecule has 0 fully saturated rings. The summed E-state index contributed by atoms with van der Waals surface area (Å²) in [6.07, 6.45) is 7.27. The summed E-state index contributed by atoms with van der Waals surface area (Å²) in [5, 5.41) is 12.4. The van der Waals surface area contributed by atoms with Crippen molar-refractivity contribution in [2.24, 2.45) is 0 Å². The molecule has 0 aliphatic carbocycles. The number of carbonyl (C=O) groups is 1. The Kier molecular flexibility index (Phi) is 7.37. The quantitative estimate of drug-likeness (QED) is 0.191. The van der Waals surface area contributed by atoms with Crippen LogP contribution in [0.1, 0.15) is 13.3 Å². The maximum Gasteiger partial charge on any atom is 0.224 e. The molecule has 10 heteroatoms. The molecule has 0 saturated heterocycles. The van der Waals surface area contributed by atoms with Crippen molar-refractivity contribution in [1.29, 1.82) is 0 Å². The molecule has 9 nitrogen and oxygen atoms in total. The maximum absolute atomic E-state index is 14.6. The molecule has 0 unspecified atom stereocenters. The molecular formula is C32H30FN7O2. The second-order valence-corrected chi connectivity index (χ2v) is 10.4. The first-order chi connectivity index (χ1) is 20.4. The number of hydrogen-bond donors (Lipinski definition) is 3. The number of likely N-dealkylation sites (N-methyl/N-ethyl adjacent to an activating group) is 1. The summed E-state index contributed by atoms with van der Waals surface area (Å²) < 4.78 is 20.4. The van der Waals surface area contributed by atoms with Gasteiger partial charge in [0.25, 0.3) is 0 Å². The fourth-order valence-corrected chi connectivity index (χ4v) is 4.87. The lowest BCUT2D eigenvalue weighted by Gasteiger charge is -2.12. The number of hydrogen-bond acceptors (Lipinski definition) is 6. The lowest BCUT2D eigenvalue weighted by atomic mass is 10.0. The molecule has 42 heavy (non-hydrogen) atoms. The van der Waals surface area contributed by atoms with Crippen LogP contribution < -0.4 is 10.1 Å². The lowest BCUT2D eigenvalue weighted by Crippen LogP contribution is -2.19. The van der Waals surface area contributed by atoms with Gasteiger partial charge in [0.1, 0.15) is 23.9 Å². The van der Waals surface area contributed by atoms with Gasteiger partial charge in [0.2, 0.25) is 5.91 Å². The molecule has 0 saturated carbocycles. The fraction of sp³-hybridized carbons (Fsp3) is 0.188. The van der Waals surface area contributed by atoms with E-state index < -0.39 is 0 Å². The van der Waals surface area contributed by atoms with Crippen LogP contribution in [-0.4, -0.2) is 63.2 Å². The van der Waals surface area contributed by atoms with Gasteiger partial charge < -0.3 is 19.9 Å². The first-order valence-electron chi connectivity index (χ1n) is 13.7. The molecule has 1 amide bonds. The Morgan fingerprint density at radius 2 is 1.79 bits per heavy atom. The summed E-state index contributed by atoms with van der Waals surface area (Å²) in [6, 6.07) is 14.6. The van der Waals surface area contributed by atoms with Crippen LogP contribution in [0.15, 0.2) is 73.3 Å². The van der Waals surface area contributed by atoms with E-state index >= 15 is 0 Å². The number of H-pyrrole nitrogens is 2. The van der Waals surface area contributed by atoms with Crippen LogP contribution in [-0.2, 0) is 4.79 Å². The Labute approximate surface area is 241 Å². The van der Waals surface area contributed by atoms with Crippen molar-refractivity contribution in [3.8, 4) is 39.4 Å². The number of ether oxygens (including phenoxy) is 1. The van der Waals surface area contributed by atoms with Crippen molar-refractivity contribution in [3.63, 3.8) is 0 Å². The van der Waals surface area contributed by atoms with E-state index in [-0.39, 0.29) is 11.7 Å². The number of benzene rings is 2. The number of aromatic nitrogens is 5. The number of nitrogens with zero attached hydrogens (tertiary/aromatic N) is 4. The second kappa shape index (κ2) is 11.4. The van der Waals surface area contributed by atoms with Crippen LogP contribution >= 0.6 is 0 Å². The monoisotopic (exact) mass is 563 g/mol. The zero-order chi connectivity index (χ0) is 29.2. The minimum atomic E-state index is -0.376. The first kappa shape index (κ1) is 27.1. The third-order valence-corrected chi connectivity index (χ3v) is 7.03. The highest BCUT2D eigenvalue weighted by Gasteiger charge is 2.16. The predicted molar refractivity (Wildman–Crippen MR) is 163 cm³/mol. The van der Waals surface area contributed by atoms with E-state index in [4.69, 9.17) is 4.74 Å². The molecule has 4 heterocycles. The van der Waals surface area contributed by atoms with Crippen LogP contribution in [0.4, 0.5) is 10.1 Å². The highest BCUT2D eigenvalue weighted by atomic mass is 19.1. The van der Waals surface area contributed by atoms with E-state index in [0.717, 1.165) is 56.4 Å². The number of pyridine rings is 2. The SMILES string of the molecule is CCC(=O)Nc1cncc(-c2ccc3[nH]nc(-c4cc5c(-c6cc(F)cc(OCCN(C)C)c6)cncc5[nH]4)c3c2)c1. The van der Waals surface area contributed by atoms with E-state index in [1.807, 2.05) is 55.4 Å². The molecule has 6 aromatic rings. The number of amides is 1. The van der Waals surface area contributed by atoms with Gasteiger partial charge in [0.05, 0.1) is 34.8 Å². The number of nitrogens with one attached hydrogen (secondary N) is 3. The smallest absolute Gasteiger partial charge is 0.224 e. The van der Waals surface area contributed by atoms with Gasteiger partial charge in [0, 0.05) is 53.3 Å². The van der Waals surface area contributed by atoms with E-state index in [9.17, 15) is 9.18 Å². The van der Waals surface area contributed by atoms with Crippen molar-refractivity contribution < 1.29 is 13.9 Å². The Balaban J connectivity index is 1.36. The third kappa shape index (κ3) is 5.57. The summed E-state index contributed by atoms with van der Waals surface area (Å²) in [5.74, 6) is 0.0255. The van der Waals surface area contributed by atoms with Gasteiger partial charge in [-0.1, -0.05) is 13.0 Å². The van der Waals surface area contributed by atoms with E-state index in [0.29, 0.717) is 30.0 Å². The molecule has 0 radical (unpaired) electrons. The number of rotatable bonds is 9. The van der Waals surface area contributed by atoms with Crippen LogP contribution in [0.5, 0.6) is 5.75 Å². The van der Waals surface area contributed by atoms with Crippen molar-refractivity contribution in [3.05, 3.63) is 79.1 Å². The molecule has 0 aliphatic heterocycles. The van der Waals surface area contributed by atoms with Gasteiger partial charge in [-0.2, -0.15) is 5.10 Å². The summed E-state index contributed by atoms with van der Waals surface area (Å²) in [4.78, 5) is 26.0. The summed E-state index contributed by atoms with van der Waals surface area (Å²) in [5.41, 5.74) is 7.12. The lowest BCUT2D eigenvalue weighted by molar-refractivity contribution is -0.115. The largest absolute Gasteiger partial charge is 0.492 e. The number of carbonyl (C=O) groups excluding carboxylic acids is 1. The van der Waals surface area contributed by atoms with E-state index in [2.05, 4.69) is 30.5 Å². The van der Waals surface area contributed by atoms with E-state index in [1.165, 1.54) is 12.1 Å². The summed E-state index contributed by atoms with van der Waals surface area (Å²) in [7, 11) is 3.92. The zero-order valence-corrected chi connectivity index (χ0v) is 23.5. The Morgan fingerprint density at radius 3 is 2.62 bits per heavy atom. The highest BCUT2D eigenvalue weighted by Crippen LogP contribution is 2.36. The van der Waals surface area contributed by atoms with Crippen molar-refractivity contribution in [2.45, 2.75) is 13.3 Å². The number of anilines is 1. The molecule has 6 rings (SSSR count). The van der Waals surface area contributed by atoms with Crippen LogP contribution in [0.2, 0.25) is 0 Å². The summed E-state index contributed by atoms with van der Waals surface area (Å²) in [6.45, 7) is 2.98. The van der Waals surface area contributed by atoms with Gasteiger partial charge in [-0.05, 0) is 61.6 Å². The normalized spacial score (nSPS) is 11.5. The minimum absolute atomic E-state index is 0.0690. The Bertz CT molecular complexity index is 1910. The zero-order valence-electron chi connectivity index (χ0n) is 23.5. The molecule has 0 atom stereocenters. The molecule has 3 N–H and O–H groups in total. The number of halogens is 1. The standard InChI is InChI=1S/C32H30FN7O2/c1-4-31(41)36-23-10-21(15-34-16-23)19-5-6-28-26(12-19)32(39-38-28)29-14-25-27(17-35-18-30(25)37-29)20-9-22(33)13-24(11-20)42-8-7-40(2)3/h5-6,9-18,37H,4,7-8H2,1-3H3,(H,36,41)(H,38,39). The van der Waals surface area contributed by atoms with Crippen molar-refractivity contribution in [1.82, 2.24) is 30.0 Å². The van der Waals surface area contributed by atoms with Gasteiger partial charge in [-0.25, -0.2) is 4.39 Å². The van der Waals surface area contributed by atoms with Gasteiger partial charge >= 0.3 is 0 Å². The second-order valence-electron chi connectivity index (χ2n) is 10.4. The first-order valence-corrected chi connectivity index (χ1v) is 13.7. The Morgan fingerprint density at radius 1 is 0.929 bits per heavy atom. The van der Waals surface area contributed by atoms with E-state index in [1.54, 1.807) is 31.7 Å². The fourth-order valence-electron chi connectivity index (χ4n) is 4.87. The van der Waals surface area contributed by atoms with Gasteiger partial charge in [0.15, 0.2) is 0 Å².